The van der Waals surface area contributed by atoms with Crippen molar-refractivity contribution in [3.8, 4) is 16.6 Å². The summed E-state index contributed by atoms with van der Waals surface area (Å²) in [5.74, 6) is -0.243. The van der Waals surface area contributed by atoms with Gasteiger partial charge in [0.05, 0.1) is 22.0 Å². The minimum atomic E-state index is -0.620. The number of fused-ring (bicyclic) bond motifs is 1. The number of nitrogens with zero attached hydrogens (tertiary/aromatic N) is 5. The molecule has 0 bridgehead atoms. The summed E-state index contributed by atoms with van der Waals surface area (Å²) < 4.78 is 5.13. The van der Waals surface area contributed by atoms with Crippen LogP contribution in [0.5, 0.6) is 5.88 Å². The molecule has 0 amide bonds. The number of aromatic nitrogens is 3. The second-order valence-electron chi connectivity index (χ2n) is 6.02. The third kappa shape index (κ3) is 3.44. The van der Waals surface area contributed by atoms with E-state index in [1.807, 2.05) is 30.3 Å². The molecule has 5 rings (SSSR count). The normalized spacial score (nSPS) is 13.7. The zero-order chi connectivity index (χ0) is 20.7. The van der Waals surface area contributed by atoms with E-state index in [1.165, 1.54) is 23.5 Å². The van der Waals surface area contributed by atoms with Crippen LogP contribution in [0.2, 0.25) is 0 Å². The Morgan fingerprint density at radius 2 is 2.00 bits per heavy atom. The first-order chi connectivity index (χ1) is 14.5. The standard InChI is InChI=1S/C18H10N6O4S2/c25-15-13(8-10-7-9-3-1-2-4-11(9)19-10)29-17(20-15)21-18-23-22-16(30-18)12-5-6-14(28-12)24(26)27/h1-8,25H,(H,20,21,23)/b10-8-. The van der Waals surface area contributed by atoms with Crippen LogP contribution >= 0.6 is 22.7 Å². The van der Waals surface area contributed by atoms with Crippen molar-refractivity contribution in [3.05, 3.63) is 67.7 Å². The zero-order valence-corrected chi connectivity index (χ0v) is 16.5. The molecule has 1 aliphatic heterocycles. The van der Waals surface area contributed by atoms with Gasteiger partial charge in [0.2, 0.25) is 11.0 Å². The Morgan fingerprint density at radius 3 is 2.80 bits per heavy atom. The summed E-state index contributed by atoms with van der Waals surface area (Å²) in [5, 5.41) is 34.9. The van der Waals surface area contributed by atoms with Crippen LogP contribution in [0.15, 0.2) is 51.5 Å². The Hall–Kier alpha value is -3.90. The predicted octanol–water partition coefficient (Wildman–Crippen LogP) is 3.07. The molecule has 12 heteroatoms. The number of nitrogens with one attached hydrogen (secondary N) is 1. The van der Waals surface area contributed by atoms with Crippen molar-refractivity contribution in [1.29, 1.82) is 0 Å². The van der Waals surface area contributed by atoms with Gasteiger partial charge in [-0.3, -0.25) is 10.1 Å². The Labute approximate surface area is 175 Å². The van der Waals surface area contributed by atoms with Crippen LogP contribution in [-0.4, -0.2) is 25.2 Å². The van der Waals surface area contributed by atoms with Gasteiger partial charge >= 0.3 is 5.88 Å². The van der Waals surface area contributed by atoms with E-state index < -0.39 is 4.92 Å². The van der Waals surface area contributed by atoms with Crippen molar-refractivity contribution in [2.24, 2.45) is 4.99 Å². The van der Waals surface area contributed by atoms with Crippen LogP contribution in [0.25, 0.3) is 22.9 Å². The molecule has 0 aliphatic carbocycles. The molecule has 0 radical (unpaired) electrons. The smallest absolute Gasteiger partial charge is 0.433 e. The van der Waals surface area contributed by atoms with E-state index in [9.17, 15) is 15.2 Å². The van der Waals surface area contributed by atoms with Crippen LogP contribution in [0.4, 0.5) is 16.1 Å². The molecule has 0 atom stereocenters. The predicted molar refractivity (Wildman–Crippen MR) is 111 cm³/mol. The van der Waals surface area contributed by atoms with E-state index in [0.29, 0.717) is 20.1 Å². The highest BCUT2D eigenvalue weighted by atomic mass is 32.1. The average molecular weight is 438 g/mol. The summed E-state index contributed by atoms with van der Waals surface area (Å²) in [4.78, 5) is 19.3. The van der Waals surface area contributed by atoms with E-state index in [-0.39, 0.29) is 17.5 Å². The third-order valence-corrected chi connectivity index (χ3v) is 5.78. The van der Waals surface area contributed by atoms with Crippen molar-refractivity contribution >= 4 is 51.0 Å². The van der Waals surface area contributed by atoms with E-state index >= 15 is 0 Å². The number of hydrogen-bond acceptors (Lipinski definition) is 11. The van der Waals surface area contributed by atoms with Gasteiger partial charge in [-0.25, -0.2) is 4.99 Å². The Kier molecular flexibility index (Phi) is 4.34. The summed E-state index contributed by atoms with van der Waals surface area (Å²) in [6.45, 7) is 0. The molecule has 4 aromatic rings. The van der Waals surface area contributed by atoms with Gasteiger partial charge in [0.1, 0.15) is 4.92 Å². The molecule has 30 heavy (non-hydrogen) atoms. The molecule has 0 saturated heterocycles. The molecule has 0 spiro atoms. The van der Waals surface area contributed by atoms with E-state index in [1.54, 1.807) is 6.08 Å². The molecule has 0 saturated carbocycles. The summed E-state index contributed by atoms with van der Waals surface area (Å²) in [5.41, 5.74) is 0.722. The van der Waals surface area contributed by atoms with Crippen LogP contribution in [0, 0.1) is 10.1 Å². The fourth-order valence-corrected chi connectivity index (χ4v) is 4.30. The lowest BCUT2D eigenvalue weighted by molar-refractivity contribution is -0.401. The van der Waals surface area contributed by atoms with Crippen molar-refractivity contribution in [3.63, 3.8) is 0 Å². The summed E-state index contributed by atoms with van der Waals surface area (Å²) in [7, 11) is 0. The Balaban J connectivity index is 1.36. The van der Waals surface area contributed by atoms with Gasteiger partial charge in [-0.1, -0.05) is 40.9 Å². The number of furan rings is 1. The molecule has 148 valence electrons. The molecule has 2 N–H and O–H groups in total. The maximum absolute atomic E-state index is 10.7. The molecule has 0 unspecified atom stereocenters. The SMILES string of the molecule is O=[N+]([O-])c1ccc(-c2nnc(Nc3nc(O)c(/C=C4/C=c5ccccc5=N4)s3)s2)o1. The van der Waals surface area contributed by atoms with E-state index in [0.717, 1.165) is 27.6 Å². The first kappa shape index (κ1) is 18.1. The molecule has 1 aliphatic rings. The number of benzene rings is 1. The van der Waals surface area contributed by atoms with E-state index in [4.69, 9.17) is 4.42 Å². The lowest BCUT2D eigenvalue weighted by Crippen LogP contribution is -2.19. The number of thiazole rings is 1. The van der Waals surface area contributed by atoms with Gasteiger partial charge in [-0.15, -0.1) is 10.2 Å². The largest absolute Gasteiger partial charge is 0.492 e. The first-order valence-corrected chi connectivity index (χ1v) is 10.1. The van der Waals surface area contributed by atoms with Crippen molar-refractivity contribution in [1.82, 2.24) is 15.2 Å². The van der Waals surface area contributed by atoms with Crippen LogP contribution in [0.3, 0.4) is 0 Å². The van der Waals surface area contributed by atoms with Crippen molar-refractivity contribution in [2.45, 2.75) is 0 Å². The summed E-state index contributed by atoms with van der Waals surface area (Å²) >= 11 is 2.37. The highest BCUT2D eigenvalue weighted by Crippen LogP contribution is 2.35. The number of para-hydroxylation sites is 1. The summed E-state index contributed by atoms with van der Waals surface area (Å²) in [6.07, 6.45) is 3.69. The maximum atomic E-state index is 10.7. The van der Waals surface area contributed by atoms with Crippen LogP contribution in [-0.2, 0) is 0 Å². The molecular weight excluding hydrogens is 428 g/mol. The maximum Gasteiger partial charge on any atom is 0.433 e. The van der Waals surface area contributed by atoms with Crippen molar-refractivity contribution in [2.75, 3.05) is 5.32 Å². The van der Waals surface area contributed by atoms with Gasteiger partial charge in [-0.2, -0.15) is 4.98 Å². The Bertz CT molecular complexity index is 1400. The number of anilines is 2. The number of rotatable bonds is 5. The van der Waals surface area contributed by atoms with Gasteiger partial charge in [-0.05, 0) is 24.3 Å². The lowest BCUT2D eigenvalue weighted by atomic mass is 10.3. The topological polar surface area (TPSA) is 140 Å². The number of nitro groups is 1. The molecule has 4 heterocycles. The second kappa shape index (κ2) is 7.17. The van der Waals surface area contributed by atoms with Gasteiger partial charge in [0, 0.05) is 5.22 Å². The Morgan fingerprint density at radius 1 is 1.13 bits per heavy atom. The minimum absolute atomic E-state index is 0.124. The van der Waals surface area contributed by atoms with Gasteiger partial charge in [0.25, 0.3) is 0 Å². The fourth-order valence-electron chi connectivity index (χ4n) is 2.73. The monoisotopic (exact) mass is 438 g/mol. The number of aromatic hydroxyl groups is 1. The quantitative estimate of drug-likeness (QED) is 0.358. The second-order valence-corrected chi connectivity index (χ2v) is 8.03. The summed E-state index contributed by atoms with van der Waals surface area (Å²) in [6, 6.07) is 10.5. The van der Waals surface area contributed by atoms with Gasteiger partial charge in [0.15, 0.2) is 15.9 Å². The fraction of sp³-hybridized carbons (Fsp3) is 0. The van der Waals surface area contributed by atoms with Crippen molar-refractivity contribution < 1.29 is 14.4 Å². The molecular formula is C18H10N6O4S2. The van der Waals surface area contributed by atoms with Crippen LogP contribution in [0.1, 0.15) is 4.88 Å². The zero-order valence-electron chi connectivity index (χ0n) is 14.8. The highest BCUT2D eigenvalue weighted by Gasteiger charge is 2.17. The van der Waals surface area contributed by atoms with Crippen LogP contribution < -0.4 is 15.9 Å². The third-order valence-electron chi connectivity index (χ3n) is 4.02. The first-order valence-electron chi connectivity index (χ1n) is 8.47. The average Bonchev–Trinajstić information content (AvgIpc) is 3.48. The highest BCUT2D eigenvalue weighted by molar-refractivity contribution is 7.19. The molecule has 10 nitrogen and oxygen atoms in total. The number of allylic oxidation sites excluding steroid dienone is 1. The molecule has 0 fully saturated rings. The molecule has 1 aromatic carbocycles. The molecule has 3 aromatic heterocycles. The van der Waals surface area contributed by atoms with E-state index in [2.05, 4.69) is 25.5 Å². The van der Waals surface area contributed by atoms with Gasteiger partial charge < -0.3 is 14.8 Å². The minimum Gasteiger partial charge on any atom is -0.492 e. The lowest BCUT2D eigenvalue weighted by Gasteiger charge is -1.92. The number of hydrogen-bond donors (Lipinski definition) is 2.